The lowest BCUT2D eigenvalue weighted by Gasteiger charge is -2.35. The molecule has 4 aromatic rings. The maximum Gasteiger partial charge on any atom is 0.306 e. The zero-order valence-electron chi connectivity index (χ0n) is 40.7. The standard InChI is InChI=1S/C58H72N4O5/c1-34(2)49(33-56(65)67-7)36(5)61-27-11-15-52(61)44-28-39-17-18-40(29-42(39)31-44)53-25-26-54(62(53)45-22-19-38(20-23-45)46-12-8-9-16-55(46)64)41-21-24-50-43(30-41)32-51(60-50)47-13-10-14-48(47)58(66)57(35(3)4)59-37(6)63/h17-24,29-32,34-35,46-49,52-54,57,60H,5,8-16,25-28,33H2,1-4,6-7H3,(H,59,63)/t46?,47-,48?,49+,52+,53-,54-,57+/m1/s1. The van der Waals surface area contributed by atoms with Crippen molar-refractivity contribution in [2.75, 3.05) is 18.6 Å². The summed E-state index contributed by atoms with van der Waals surface area (Å²) in [7, 11) is 1.47. The molecule has 2 saturated heterocycles. The Labute approximate surface area is 398 Å². The molecule has 3 aliphatic carbocycles. The predicted octanol–water partition coefficient (Wildman–Crippen LogP) is 11.8. The summed E-state index contributed by atoms with van der Waals surface area (Å²) in [6, 6.07) is 25.3. The number of nitrogens with zero attached hydrogens (tertiary/aromatic N) is 2. The molecule has 9 heteroatoms. The van der Waals surface area contributed by atoms with Gasteiger partial charge in [-0.2, -0.15) is 0 Å². The van der Waals surface area contributed by atoms with Crippen molar-refractivity contribution < 1.29 is 23.9 Å². The van der Waals surface area contributed by atoms with Gasteiger partial charge in [0.1, 0.15) is 5.78 Å². The van der Waals surface area contributed by atoms with E-state index < -0.39 is 6.04 Å². The van der Waals surface area contributed by atoms with E-state index in [4.69, 9.17) is 4.74 Å². The number of rotatable bonds is 15. The van der Waals surface area contributed by atoms with E-state index >= 15 is 0 Å². The maximum atomic E-state index is 14.0. The number of aromatic amines is 1. The molecule has 2 unspecified atom stereocenters. The molecule has 3 aromatic carbocycles. The van der Waals surface area contributed by atoms with Crippen molar-refractivity contribution in [3.05, 3.63) is 118 Å². The van der Waals surface area contributed by atoms with Crippen LogP contribution in [-0.4, -0.2) is 59.1 Å². The monoisotopic (exact) mass is 905 g/mol. The van der Waals surface area contributed by atoms with Crippen LogP contribution in [0.3, 0.4) is 0 Å². The first kappa shape index (κ1) is 46.7. The van der Waals surface area contributed by atoms with Crippen molar-refractivity contribution in [2.45, 2.75) is 154 Å². The summed E-state index contributed by atoms with van der Waals surface area (Å²) < 4.78 is 5.09. The molecule has 2 aliphatic heterocycles. The Morgan fingerprint density at radius 2 is 1.54 bits per heavy atom. The number of likely N-dealkylation sites (tertiary alicyclic amines) is 1. The summed E-state index contributed by atoms with van der Waals surface area (Å²) >= 11 is 0. The van der Waals surface area contributed by atoms with Gasteiger partial charge in [0.15, 0.2) is 5.78 Å². The van der Waals surface area contributed by atoms with Gasteiger partial charge in [-0.05, 0) is 145 Å². The van der Waals surface area contributed by atoms with Gasteiger partial charge in [0, 0.05) is 66.2 Å². The Morgan fingerprint density at radius 3 is 2.24 bits per heavy atom. The molecule has 1 aromatic heterocycles. The number of carbonyl (C=O) groups is 4. The summed E-state index contributed by atoms with van der Waals surface area (Å²) in [5, 5.41) is 4.11. The molecule has 0 bridgehead atoms. The molecule has 0 radical (unpaired) electrons. The van der Waals surface area contributed by atoms with Crippen molar-refractivity contribution in [1.82, 2.24) is 15.2 Å². The molecule has 9 rings (SSSR count). The Kier molecular flexibility index (Phi) is 13.7. The number of nitrogens with one attached hydrogen (secondary N) is 2. The van der Waals surface area contributed by atoms with Crippen molar-refractivity contribution >= 4 is 46.1 Å². The predicted molar refractivity (Wildman–Crippen MR) is 268 cm³/mol. The lowest BCUT2D eigenvalue weighted by Crippen LogP contribution is -2.46. The van der Waals surface area contributed by atoms with Gasteiger partial charge >= 0.3 is 5.97 Å². The minimum absolute atomic E-state index is 0.00987. The van der Waals surface area contributed by atoms with Crippen molar-refractivity contribution in [2.24, 2.45) is 23.7 Å². The van der Waals surface area contributed by atoms with Crippen LogP contribution in [0.1, 0.15) is 169 Å². The number of fused-ring (bicyclic) bond motifs is 2. The third-order valence-corrected chi connectivity index (χ3v) is 16.4. The Morgan fingerprint density at radius 1 is 0.806 bits per heavy atom. The average molecular weight is 905 g/mol. The summed E-state index contributed by atoms with van der Waals surface area (Å²) in [4.78, 5) is 60.4. The fourth-order valence-electron chi connectivity index (χ4n) is 12.8. The minimum atomic E-state index is -0.479. The van der Waals surface area contributed by atoms with Crippen molar-refractivity contribution in [1.29, 1.82) is 0 Å². The topological polar surface area (TPSA) is 112 Å². The zero-order chi connectivity index (χ0) is 47.1. The van der Waals surface area contributed by atoms with Crippen molar-refractivity contribution in [3.63, 3.8) is 0 Å². The highest BCUT2D eigenvalue weighted by Crippen LogP contribution is 2.49. The SMILES string of the molecule is C=C([C@@H](CC(=O)OC)C(C)C)N1CCC[C@H]1C1=Cc2cc([C@H]3CC[C@H](c4ccc5[nH]c([C@@H]6CCCC6C(=O)[C@@H](NC(C)=O)C(C)C)cc5c4)N3c3ccc(C4CCCCC4=O)cc3)ccc2C1. The zero-order valence-corrected chi connectivity index (χ0v) is 40.7. The molecule has 8 atom stereocenters. The number of allylic oxidation sites excluding steroid dienone is 1. The summed E-state index contributed by atoms with van der Waals surface area (Å²) in [5.41, 5.74) is 12.2. The number of hydrogen-bond donors (Lipinski definition) is 2. The second-order valence-electron chi connectivity index (χ2n) is 21.2. The van der Waals surface area contributed by atoms with Gasteiger partial charge < -0.3 is 24.8 Å². The van der Waals surface area contributed by atoms with Gasteiger partial charge in [0.2, 0.25) is 5.91 Å². The van der Waals surface area contributed by atoms with E-state index in [1.807, 2.05) is 13.8 Å². The fraction of sp³-hybridized carbons (Fsp3) is 0.517. The normalized spacial score (nSPS) is 24.9. The molecule has 2 N–H and O–H groups in total. The number of H-pyrrole nitrogens is 1. The van der Waals surface area contributed by atoms with Crippen LogP contribution in [0.2, 0.25) is 0 Å². The molecule has 0 spiro atoms. The highest BCUT2D eigenvalue weighted by atomic mass is 16.5. The number of methoxy groups -OCH3 is 1. The molecule has 1 amide bonds. The van der Waals surface area contributed by atoms with Crippen LogP contribution in [0, 0.1) is 23.7 Å². The largest absolute Gasteiger partial charge is 0.469 e. The maximum absolute atomic E-state index is 14.0. The molecule has 5 aliphatic rings. The number of hydrogen-bond acceptors (Lipinski definition) is 7. The van der Waals surface area contributed by atoms with Crippen molar-refractivity contribution in [3.8, 4) is 0 Å². The second kappa shape index (κ2) is 19.7. The molecule has 4 fully saturated rings. The number of carbonyl (C=O) groups excluding carboxylic acids is 4. The molecule has 2 saturated carbocycles. The second-order valence-corrected chi connectivity index (χ2v) is 21.2. The molecular formula is C58H72N4O5. The molecule has 3 heterocycles. The fourth-order valence-corrected chi connectivity index (χ4v) is 12.8. The van der Waals surface area contributed by atoms with Crippen LogP contribution in [0.5, 0.6) is 0 Å². The first-order chi connectivity index (χ1) is 32.3. The lowest BCUT2D eigenvalue weighted by atomic mass is 9.83. The molecular weight excluding hydrogens is 833 g/mol. The number of aromatic nitrogens is 1. The lowest BCUT2D eigenvalue weighted by molar-refractivity contribution is -0.142. The molecule has 354 valence electrons. The van der Waals surface area contributed by atoms with Gasteiger partial charge in [-0.3, -0.25) is 19.2 Å². The van der Waals surface area contributed by atoms with E-state index in [2.05, 4.69) is 113 Å². The number of benzene rings is 3. The quantitative estimate of drug-likeness (QED) is 0.114. The Balaban J connectivity index is 1.01. The number of esters is 1. The average Bonchev–Trinajstić information content (AvgIpc) is 4.18. The number of amides is 1. The minimum Gasteiger partial charge on any atom is -0.469 e. The van der Waals surface area contributed by atoms with Gasteiger partial charge in [-0.15, -0.1) is 0 Å². The summed E-state index contributed by atoms with van der Waals surface area (Å²) in [6.07, 6.45) is 14.4. The van der Waals surface area contributed by atoms with Gasteiger partial charge in [0.05, 0.1) is 37.7 Å². The Bertz CT molecular complexity index is 2550. The smallest absolute Gasteiger partial charge is 0.306 e. The van der Waals surface area contributed by atoms with Crippen LogP contribution in [0.4, 0.5) is 5.69 Å². The molecule has 9 nitrogen and oxygen atoms in total. The molecule has 67 heavy (non-hydrogen) atoms. The van der Waals surface area contributed by atoms with E-state index in [1.54, 1.807) is 0 Å². The summed E-state index contributed by atoms with van der Waals surface area (Å²) in [5.74, 6) is 0.462. The van der Waals surface area contributed by atoms with Crippen LogP contribution in [-0.2, 0) is 30.3 Å². The highest BCUT2D eigenvalue weighted by Gasteiger charge is 2.41. The van der Waals surface area contributed by atoms with Crippen LogP contribution >= 0.6 is 0 Å². The van der Waals surface area contributed by atoms with E-state index in [9.17, 15) is 19.2 Å². The Hall–Kier alpha value is -5.44. The van der Waals surface area contributed by atoms with Crippen LogP contribution < -0.4 is 10.2 Å². The van der Waals surface area contributed by atoms with Crippen LogP contribution in [0.25, 0.3) is 17.0 Å². The summed E-state index contributed by atoms with van der Waals surface area (Å²) in [6.45, 7) is 15.4. The van der Waals surface area contributed by atoms with Gasteiger partial charge in [0.25, 0.3) is 0 Å². The third-order valence-electron chi connectivity index (χ3n) is 16.4. The van der Waals surface area contributed by atoms with Gasteiger partial charge in [-0.25, -0.2) is 0 Å². The highest BCUT2D eigenvalue weighted by molar-refractivity contribution is 5.91. The first-order valence-corrected chi connectivity index (χ1v) is 25.5. The number of Topliss-reactive ketones (excluding diaryl/α,β-unsaturated/α-hetero) is 2. The van der Waals surface area contributed by atoms with Gasteiger partial charge in [-0.1, -0.05) is 83.5 Å². The number of ether oxygens (including phenoxy) is 1. The number of anilines is 1. The van der Waals surface area contributed by atoms with E-state index in [1.165, 1.54) is 47.5 Å². The number of ketones is 2. The first-order valence-electron chi connectivity index (χ1n) is 25.5. The van der Waals surface area contributed by atoms with Crippen LogP contribution in [0.15, 0.2) is 84.6 Å². The van der Waals surface area contributed by atoms with E-state index in [0.717, 1.165) is 105 Å². The third kappa shape index (κ3) is 9.41. The van der Waals surface area contributed by atoms with E-state index in [-0.39, 0.29) is 71.3 Å². The van der Waals surface area contributed by atoms with E-state index in [0.29, 0.717) is 18.6 Å².